The molecular weight excluding hydrogens is 266 g/mol. The summed E-state index contributed by atoms with van der Waals surface area (Å²) in [5.74, 6) is 0. The summed E-state index contributed by atoms with van der Waals surface area (Å²) in [6.45, 7) is 5.49. The molecule has 1 fully saturated rings. The van der Waals surface area contributed by atoms with Crippen molar-refractivity contribution < 1.29 is 9.53 Å². The first-order chi connectivity index (χ1) is 10.2. The van der Waals surface area contributed by atoms with Crippen LogP contribution in [-0.4, -0.2) is 48.7 Å². The molecule has 3 rings (SSSR count). The van der Waals surface area contributed by atoms with E-state index in [4.69, 9.17) is 10.5 Å². The van der Waals surface area contributed by atoms with Gasteiger partial charge in [0.05, 0.1) is 6.61 Å². The topological polar surface area (TPSA) is 58.8 Å². The van der Waals surface area contributed by atoms with Crippen molar-refractivity contribution >= 4 is 6.09 Å². The Labute approximate surface area is 125 Å². The zero-order valence-corrected chi connectivity index (χ0v) is 12.5. The van der Waals surface area contributed by atoms with Gasteiger partial charge in [-0.15, -0.1) is 0 Å². The highest BCUT2D eigenvalue weighted by atomic mass is 16.6. The van der Waals surface area contributed by atoms with Crippen LogP contribution >= 0.6 is 0 Å². The van der Waals surface area contributed by atoms with E-state index in [2.05, 4.69) is 29.2 Å². The van der Waals surface area contributed by atoms with Gasteiger partial charge in [0, 0.05) is 38.3 Å². The molecule has 0 aromatic heterocycles. The molecule has 1 saturated heterocycles. The number of hydrogen-bond donors (Lipinski definition) is 1. The maximum Gasteiger partial charge on any atom is 0.409 e. The number of carbonyl (C=O) groups is 1. The molecule has 0 spiro atoms. The number of ether oxygens (including phenoxy) is 1. The van der Waals surface area contributed by atoms with Gasteiger partial charge in [-0.3, -0.25) is 4.90 Å². The summed E-state index contributed by atoms with van der Waals surface area (Å²) in [5.41, 5.74) is 8.88. The van der Waals surface area contributed by atoms with E-state index in [1.54, 1.807) is 4.90 Å². The van der Waals surface area contributed by atoms with Crippen molar-refractivity contribution in [2.24, 2.45) is 5.73 Å². The van der Waals surface area contributed by atoms with Gasteiger partial charge in [-0.05, 0) is 24.5 Å². The van der Waals surface area contributed by atoms with Crippen molar-refractivity contribution in [3.8, 4) is 0 Å². The Morgan fingerprint density at radius 1 is 1.24 bits per heavy atom. The molecule has 2 atom stereocenters. The molecule has 1 aliphatic carbocycles. The molecule has 1 amide bonds. The van der Waals surface area contributed by atoms with Crippen LogP contribution in [0, 0.1) is 0 Å². The van der Waals surface area contributed by atoms with Crippen LogP contribution in [0.3, 0.4) is 0 Å². The lowest BCUT2D eigenvalue weighted by atomic mass is 10.1. The highest BCUT2D eigenvalue weighted by Crippen LogP contribution is 2.41. The lowest BCUT2D eigenvalue weighted by molar-refractivity contribution is 0.0651. The van der Waals surface area contributed by atoms with Crippen LogP contribution in [0.15, 0.2) is 24.3 Å². The Bertz CT molecular complexity index is 512. The average Bonchev–Trinajstić information content (AvgIpc) is 2.85. The zero-order chi connectivity index (χ0) is 14.8. The van der Waals surface area contributed by atoms with E-state index in [-0.39, 0.29) is 12.1 Å². The standard InChI is InChI=1S/C16H23N3O2/c1-2-21-16(20)19-9-7-18(8-10-19)15-11-14(17)12-5-3-4-6-13(12)15/h3-6,14-15H,2,7-11,17H2,1H3. The van der Waals surface area contributed by atoms with Crippen molar-refractivity contribution in [3.05, 3.63) is 35.4 Å². The maximum atomic E-state index is 11.7. The summed E-state index contributed by atoms with van der Waals surface area (Å²) in [5, 5.41) is 0. The van der Waals surface area contributed by atoms with E-state index in [1.807, 2.05) is 6.92 Å². The predicted molar refractivity (Wildman–Crippen MR) is 80.9 cm³/mol. The third-order valence-electron chi connectivity index (χ3n) is 4.51. The molecule has 2 aliphatic rings. The smallest absolute Gasteiger partial charge is 0.409 e. The molecule has 0 bridgehead atoms. The highest BCUT2D eigenvalue weighted by molar-refractivity contribution is 5.67. The molecule has 1 aromatic carbocycles. The monoisotopic (exact) mass is 289 g/mol. The largest absolute Gasteiger partial charge is 0.450 e. The lowest BCUT2D eigenvalue weighted by Gasteiger charge is -2.37. The van der Waals surface area contributed by atoms with E-state index in [9.17, 15) is 4.79 Å². The van der Waals surface area contributed by atoms with Gasteiger partial charge in [0.15, 0.2) is 0 Å². The first-order valence-electron chi connectivity index (χ1n) is 7.71. The first kappa shape index (κ1) is 14.4. The van der Waals surface area contributed by atoms with E-state index < -0.39 is 0 Å². The van der Waals surface area contributed by atoms with Gasteiger partial charge < -0.3 is 15.4 Å². The van der Waals surface area contributed by atoms with Gasteiger partial charge in [0.1, 0.15) is 0 Å². The van der Waals surface area contributed by atoms with Crippen molar-refractivity contribution in [1.29, 1.82) is 0 Å². The molecule has 1 heterocycles. The first-order valence-corrected chi connectivity index (χ1v) is 7.71. The van der Waals surface area contributed by atoms with E-state index in [1.165, 1.54) is 11.1 Å². The molecule has 5 heteroatoms. The Hall–Kier alpha value is -1.59. The molecule has 21 heavy (non-hydrogen) atoms. The quantitative estimate of drug-likeness (QED) is 0.903. The number of nitrogens with zero attached hydrogens (tertiary/aromatic N) is 2. The Kier molecular flexibility index (Phi) is 4.12. The minimum absolute atomic E-state index is 0.134. The minimum Gasteiger partial charge on any atom is -0.450 e. The summed E-state index contributed by atoms with van der Waals surface area (Å²) < 4.78 is 5.06. The highest BCUT2D eigenvalue weighted by Gasteiger charge is 2.34. The van der Waals surface area contributed by atoms with Gasteiger partial charge in [-0.1, -0.05) is 24.3 Å². The van der Waals surface area contributed by atoms with Crippen LogP contribution in [0.2, 0.25) is 0 Å². The van der Waals surface area contributed by atoms with Crippen molar-refractivity contribution in [1.82, 2.24) is 9.80 Å². The molecular formula is C16H23N3O2. The van der Waals surface area contributed by atoms with Crippen LogP contribution in [0.5, 0.6) is 0 Å². The fourth-order valence-electron chi connectivity index (χ4n) is 3.42. The fraction of sp³-hybridized carbons (Fsp3) is 0.562. The number of fused-ring (bicyclic) bond motifs is 1. The average molecular weight is 289 g/mol. The molecule has 2 N–H and O–H groups in total. The molecule has 0 saturated carbocycles. The summed E-state index contributed by atoms with van der Waals surface area (Å²) >= 11 is 0. The second-order valence-electron chi connectivity index (χ2n) is 5.71. The Morgan fingerprint density at radius 3 is 2.57 bits per heavy atom. The van der Waals surface area contributed by atoms with Gasteiger partial charge in [0.2, 0.25) is 0 Å². The number of hydrogen-bond acceptors (Lipinski definition) is 4. The maximum absolute atomic E-state index is 11.7. The molecule has 1 aliphatic heterocycles. The molecule has 1 aromatic rings. The zero-order valence-electron chi connectivity index (χ0n) is 12.5. The fourth-order valence-corrected chi connectivity index (χ4v) is 3.42. The summed E-state index contributed by atoms with van der Waals surface area (Å²) in [6.07, 6.45) is 0.777. The molecule has 114 valence electrons. The van der Waals surface area contributed by atoms with Crippen molar-refractivity contribution in [2.75, 3.05) is 32.8 Å². The number of amides is 1. The number of benzene rings is 1. The van der Waals surface area contributed by atoms with Gasteiger partial charge >= 0.3 is 6.09 Å². The number of nitrogens with two attached hydrogens (primary N) is 1. The SMILES string of the molecule is CCOC(=O)N1CCN(C2CC(N)c3ccccc32)CC1. The summed E-state index contributed by atoms with van der Waals surface area (Å²) in [6, 6.07) is 8.98. The van der Waals surface area contributed by atoms with E-state index in [0.717, 1.165) is 32.6 Å². The molecule has 5 nitrogen and oxygen atoms in total. The van der Waals surface area contributed by atoms with Crippen molar-refractivity contribution in [2.45, 2.75) is 25.4 Å². The second-order valence-corrected chi connectivity index (χ2v) is 5.71. The lowest BCUT2D eigenvalue weighted by Crippen LogP contribution is -2.49. The van der Waals surface area contributed by atoms with Crippen LogP contribution in [0.25, 0.3) is 0 Å². The number of carbonyl (C=O) groups excluding carboxylic acids is 1. The van der Waals surface area contributed by atoms with Crippen LogP contribution < -0.4 is 5.73 Å². The molecule has 0 radical (unpaired) electrons. The van der Waals surface area contributed by atoms with Crippen LogP contribution in [0.4, 0.5) is 4.79 Å². The van der Waals surface area contributed by atoms with E-state index >= 15 is 0 Å². The van der Waals surface area contributed by atoms with Gasteiger partial charge in [0.25, 0.3) is 0 Å². The Balaban J connectivity index is 1.65. The minimum atomic E-state index is -0.194. The summed E-state index contributed by atoms with van der Waals surface area (Å²) in [7, 11) is 0. The normalized spacial score (nSPS) is 25.7. The number of rotatable bonds is 2. The molecule has 2 unspecified atom stereocenters. The van der Waals surface area contributed by atoms with E-state index in [0.29, 0.717) is 12.6 Å². The van der Waals surface area contributed by atoms with Crippen LogP contribution in [-0.2, 0) is 4.74 Å². The second kappa shape index (κ2) is 6.03. The third kappa shape index (κ3) is 2.76. The predicted octanol–water partition coefficient (Wildman–Crippen LogP) is 1.91. The van der Waals surface area contributed by atoms with Crippen LogP contribution in [0.1, 0.15) is 36.6 Å². The number of piperazine rings is 1. The van der Waals surface area contributed by atoms with Gasteiger partial charge in [-0.2, -0.15) is 0 Å². The summed E-state index contributed by atoms with van der Waals surface area (Å²) in [4.78, 5) is 16.0. The Morgan fingerprint density at radius 2 is 1.90 bits per heavy atom. The third-order valence-corrected chi connectivity index (χ3v) is 4.51. The van der Waals surface area contributed by atoms with Gasteiger partial charge in [-0.25, -0.2) is 4.79 Å². The van der Waals surface area contributed by atoms with Crippen molar-refractivity contribution in [3.63, 3.8) is 0 Å².